The van der Waals surface area contributed by atoms with Gasteiger partial charge in [-0.3, -0.25) is 4.79 Å². The van der Waals surface area contributed by atoms with E-state index in [-0.39, 0.29) is 12.0 Å². The Morgan fingerprint density at radius 1 is 1.15 bits per heavy atom. The molecule has 1 atom stereocenters. The smallest absolute Gasteiger partial charge is 0.305 e. The fraction of sp³-hybridized carbons (Fsp3) is 0.533. The topological polar surface area (TPSA) is 70.8 Å². The Bertz CT molecular complexity index is 412. The summed E-state index contributed by atoms with van der Waals surface area (Å²) in [5.74, 6) is 1.27. The van der Waals surface area contributed by atoms with E-state index >= 15 is 0 Å². The molecule has 0 fully saturated rings. The highest BCUT2D eigenvalue weighted by Gasteiger charge is 2.17. The normalized spacial score (nSPS) is 11.8. The molecule has 112 valence electrons. The van der Waals surface area contributed by atoms with E-state index in [0.717, 1.165) is 36.3 Å². The number of methoxy groups -OCH3 is 3. The number of hydrogen-bond acceptors (Lipinski definition) is 5. The summed E-state index contributed by atoms with van der Waals surface area (Å²) in [6.45, 7) is 0. The third-order valence-electron chi connectivity index (χ3n) is 3.21. The summed E-state index contributed by atoms with van der Waals surface area (Å²) < 4.78 is 15.3. The number of carbonyl (C=O) groups excluding carboxylic acids is 1. The summed E-state index contributed by atoms with van der Waals surface area (Å²) in [5.41, 5.74) is 7.09. The summed E-state index contributed by atoms with van der Waals surface area (Å²) in [6.07, 6.45) is 2.79. The van der Waals surface area contributed by atoms with E-state index in [2.05, 4.69) is 4.74 Å². The van der Waals surface area contributed by atoms with Crippen LogP contribution < -0.4 is 15.2 Å². The molecule has 0 amide bonds. The molecule has 0 radical (unpaired) electrons. The molecule has 1 rings (SSSR count). The molecule has 0 saturated heterocycles. The van der Waals surface area contributed by atoms with Crippen LogP contribution in [-0.4, -0.2) is 27.3 Å². The number of hydrogen-bond donors (Lipinski definition) is 1. The van der Waals surface area contributed by atoms with Gasteiger partial charge in [-0.2, -0.15) is 0 Å². The van der Waals surface area contributed by atoms with Crippen LogP contribution in [0.1, 0.15) is 37.3 Å². The highest BCUT2D eigenvalue weighted by Crippen LogP contribution is 2.34. The molecule has 2 N–H and O–H groups in total. The lowest BCUT2D eigenvalue weighted by molar-refractivity contribution is -0.140. The minimum absolute atomic E-state index is 0.182. The lowest BCUT2D eigenvalue weighted by Crippen LogP contribution is -2.13. The average molecular weight is 281 g/mol. The molecule has 20 heavy (non-hydrogen) atoms. The molecule has 0 heterocycles. The second-order valence-electron chi connectivity index (χ2n) is 4.50. The van der Waals surface area contributed by atoms with E-state index < -0.39 is 0 Å². The van der Waals surface area contributed by atoms with Crippen LogP contribution in [0.2, 0.25) is 0 Å². The van der Waals surface area contributed by atoms with Gasteiger partial charge < -0.3 is 19.9 Å². The number of benzene rings is 1. The van der Waals surface area contributed by atoms with Crippen LogP contribution in [0.15, 0.2) is 18.2 Å². The predicted molar refractivity (Wildman–Crippen MR) is 77.0 cm³/mol. The van der Waals surface area contributed by atoms with Crippen molar-refractivity contribution in [3.05, 3.63) is 23.8 Å². The van der Waals surface area contributed by atoms with Gasteiger partial charge in [0.1, 0.15) is 11.5 Å². The molecule has 0 spiro atoms. The Kier molecular flexibility index (Phi) is 6.87. The molecular weight excluding hydrogens is 258 g/mol. The van der Waals surface area contributed by atoms with Crippen molar-refractivity contribution < 1.29 is 19.0 Å². The Morgan fingerprint density at radius 3 is 2.25 bits per heavy atom. The number of nitrogens with two attached hydrogens (primary N) is 1. The third kappa shape index (κ3) is 4.42. The molecule has 0 bridgehead atoms. The summed E-state index contributed by atoms with van der Waals surface area (Å²) in [4.78, 5) is 11.0. The van der Waals surface area contributed by atoms with Crippen LogP contribution in [0.25, 0.3) is 0 Å². The standard InChI is InChI=1S/C15H23NO4/c1-18-12-8-6-9-13(19-2)15(12)11(16)7-4-5-10-14(17)20-3/h6,8-9,11H,4-5,7,10,16H2,1-3H3. The van der Waals surface area contributed by atoms with Gasteiger partial charge in [-0.05, 0) is 25.0 Å². The zero-order chi connectivity index (χ0) is 15.0. The third-order valence-corrected chi connectivity index (χ3v) is 3.21. The number of esters is 1. The first kappa shape index (κ1) is 16.3. The van der Waals surface area contributed by atoms with Crippen molar-refractivity contribution in [3.8, 4) is 11.5 Å². The minimum Gasteiger partial charge on any atom is -0.496 e. The molecule has 1 aromatic carbocycles. The predicted octanol–water partition coefficient (Wildman–Crippen LogP) is 2.44. The van der Waals surface area contributed by atoms with Crippen LogP contribution in [0.3, 0.4) is 0 Å². The van der Waals surface area contributed by atoms with Crippen molar-refractivity contribution in [1.82, 2.24) is 0 Å². The first-order valence-electron chi connectivity index (χ1n) is 6.67. The summed E-state index contributed by atoms with van der Waals surface area (Å²) in [6, 6.07) is 5.42. The van der Waals surface area contributed by atoms with E-state index in [4.69, 9.17) is 15.2 Å². The first-order chi connectivity index (χ1) is 9.63. The first-order valence-corrected chi connectivity index (χ1v) is 6.67. The molecular formula is C15H23NO4. The van der Waals surface area contributed by atoms with Crippen molar-refractivity contribution in [2.45, 2.75) is 31.7 Å². The highest BCUT2D eigenvalue weighted by atomic mass is 16.5. The Balaban J connectivity index is 2.62. The lowest BCUT2D eigenvalue weighted by Gasteiger charge is -2.18. The quantitative estimate of drug-likeness (QED) is 0.585. The van der Waals surface area contributed by atoms with Crippen LogP contribution in [0.5, 0.6) is 11.5 Å². The molecule has 5 heteroatoms. The van der Waals surface area contributed by atoms with E-state index in [0.29, 0.717) is 6.42 Å². The number of unbranched alkanes of at least 4 members (excludes halogenated alkanes) is 1. The fourth-order valence-electron chi connectivity index (χ4n) is 2.13. The monoisotopic (exact) mass is 281 g/mol. The molecule has 1 aromatic rings. The van der Waals surface area contributed by atoms with E-state index in [9.17, 15) is 4.79 Å². The fourth-order valence-corrected chi connectivity index (χ4v) is 2.13. The maximum atomic E-state index is 11.0. The van der Waals surface area contributed by atoms with Gasteiger partial charge in [-0.15, -0.1) is 0 Å². The van der Waals surface area contributed by atoms with Gasteiger partial charge in [0.2, 0.25) is 0 Å². The maximum absolute atomic E-state index is 11.0. The van der Waals surface area contributed by atoms with Crippen molar-refractivity contribution >= 4 is 5.97 Å². The van der Waals surface area contributed by atoms with E-state index in [1.54, 1.807) is 14.2 Å². The van der Waals surface area contributed by atoms with Gasteiger partial charge in [0.15, 0.2) is 0 Å². The number of ether oxygens (including phenoxy) is 3. The van der Waals surface area contributed by atoms with Gasteiger partial charge in [-0.1, -0.05) is 12.5 Å². The van der Waals surface area contributed by atoms with E-state index in [1.165, 1.54) is 7.11 Å². The van der Waals surface area contributed by atoms with Crippen LogP contribution in [0, 0.1) is 0 Å². The molecule has 0 aliphatic heterocycles. The van der Waals surface area contributed by atoms with E-state index in [1.807, 2.05) is 18.2 Å². The van der Waals surface area contributed by atoms with Crippen molar-refractivity contribution in [3.63, 3.8) is 0 Å². The maximum Gasteiger partial charge on any atom is 0.305 e. The summed E-state index contributed by atoms with van der Waals surface area (Å²) in [7, 11) is 4.62. The van der Waals surface area contributed by atoms with Gasteiger partial charge >= 0.3 is 5.97 Å². The minimum atomic E-state index is -0.187. The number of carbonyl (C=O) groups is 1. The Labute approximate surface area is 120 Å². The second kappa shape index (κ2) is 8.43. The van der Waals surface area contributed by atoms with Gasteiger partial charge in [-0.25, -0.2) is 0 Å². The Morgan fingerprint density at radius 2 is 1.75 bits per heavy atom. The molecule has 5 nitrogen and oxygen atoms in total. The van der Waals surface area contributed by atoms with Gasteiger partial charge in [0.25, 0.3) is 0 Å². The van der Waals surface area contributed by atoms with Crippen LogP contribution in [-0.2, 0) is 9.53 Å². The van der Waals surface area contributed by atoms with Crippen LogP contribution >= 0.6 is 0 Å². The summed E-state index contributed by atoms with van der Waals surface area (Å²) >= 11 is 0. The zero-order valence-corrected chi connectivity index (χ0v) is 12.3. The molecule has 0 saturated carbocycles. The molecule has 0 aliphatic rings. The summed E-state index contributed by atoms with van der Waals surface area (Å²) in [5, 5.41) is 0. The SMILES string of the molecule is COC(=O)CCCCC(N)c1c(OC)cccc1OC. The number of rotatable bonds is 8. The van der Waals surface area contributed by atoms with Crippen molar-refractivity contribution in [2.75, 3.05) is 21.3 Å². The second-order valence-corrected chi connectivity index (χ2v) is 4.50. The molecule has 0 aromatic heterocycles. The molecule has 0 aliphatic carbocycles. The van der Waals surface area contributed by atoms with Gasteiger partial charge in [0.05, 0.1) is 26.9 Å². The van der Waals surface area contributed by atoms with Crippen molar-refractivity contribution in [2.24, 2.45) is 5.73 Å². The van der Waals surface area contributed by atoms with Gasteiger partial charge in [0, 0.05) is 12.5 Å². The Hall–Kier alpha value is -1.75. The van der Waals surface area contributed by atoms with Crippen molar-refractivity contribution in [1.29, 1.82) is 0 Å². The molecule has 1 unspecified atom stereocenters. The lowest BCUT2D eigenvalue weighted by atomic mass is 9.99. The average Bonchev–Trinajstić information content (AvgIpc) is 2.49. The zero-order valence-electron chi connectivity index (χ0n) is 12.3. The highest BCUT2D eigenvalue weighted by molar-refractivity contribution is 5.68. The van der Waals surface area contributed by atoms with Crippen LogP contribution in [0.4, 0.5) is 0 Å². The largest absolute Gasteiger partial charge is 0.496 e.